The fourth-order valence-corrected chi connectivity index (χ4v) is 3.12. The Balaban J connectivity index is 1.80. The third kappa shape index (κ3) is 3.64. The quantitative estimate of drug-likeness (QED) is 0.454. The van der Waals surface area contributed by atoms with Gasteiger partial charge in [0.1, 0.15) is 23.6 Å². The number of imide groups is 1. The SMILES string of the molecule is Cc1ccc(NC(=O)CN2C(=O)NC(C)(c3ccccc3F)C2=O)c([N+](=O)[O-])c1. The van der Waals surface area contributed by atoms with Gasteiger partial charge >= 0.3 is 6.03 Å². The summed E-state index contributed by atoms with van der Waals surface area (Å²) in [5, 5.41) is 15.9. The Labute approximate surface area is 164 Å². The van der Waals surface area contributed by atoms with Crippen molar-refractivity contribution in [2.24, 2.45) is 0 Å². The maximum atomic E-state index is 14.2. The number of nitrogens with zero attached hydrogens (tertiary/aromatic N) is 2. The highest BCUT2D eigenvalue weighted by Gasteiger charge is 2.50. The molecule has 4 amide bonds. The van der Waals surface area contributed by atoms with Crippen LogP contribution in [0.3, 0.4) is 0 Å². The van der Waals surface area contributed by atoms with Crippen LogP contribution >= 0.6 is 0 Å². The Morgan fingerprint density at radius 1 is 1.28 bits per heavy atom. The summed E-state index contributed by atoms with van der Waals surface area (Å²) >= 11 is 0. The molecule has 1 fully saturated rings. The lowest BCUT2D eigenvalue weighted by atomic mass is 9.91. The van der Waals surface area contributed by atoms with Crippen LogP contribution in [0.5, 0.6) is 0 Å². The first kappa shape index (κ1) is 19.9. The highest BCUT2D eigenvalue weighted by Crippen LogP contribution is 2.31. The van der Waals surface area contributed by atoms with Crippen molar-refractivity contribution in [2.45, 2.75) is 19.4 Å². The molecule has 9 nitrogen and oxygen atoms in total. The van der Waals surface area contributed by atoms with Crippen LogP contribution in [0.25, 0.3) is 0 Å². The fourth-order valence-electron chi connectivity index (χ4n) is 3.12. The fraction of sp³-hybridized carbons (Fsp3) is 0.211. The molecule has 1 unspecified atom stereocenters. The van der Waals surface area contributed by atoms with Gasteiger partial charge in [0.25, 0.3) is 11.6 Å². The van der Waals surface area contributed by atoms with Gasteiger partial charge in [-0.15, -0.1) is 0 Å². The first-order valence-electron chi connectivity index (χ1n) is 8.57. The van der Waals surface area contributed by atoms with E-state index in [1.165, 1.54) is 37.3 Å². The van der Waals surface area contributed by atoms with E-state index in [9.17, 15) is 28.9 Å². The number of amides is 4. The molecular formula is C19H17FN4O5. The van der Waals surface area contributed by atoms with E-state index in [1.807, 2.05) is 0 Å². The van der Waals surface area contributed by atoms with E-state index in [2.05, 4.69) is 10.6 Å². The van der Waals surface area contributed by atoms with Gasteiger partial charge in [-0.1, -0.05) is 24.3 Å². The maximum absolute atomic E-state index is 14.2. The van der Waals surface area contributed by atoms with Gasteiger partial charge in [-0.25, -0.2) is 9.18 Å². The zero-order valence-electron chi connectivity index (χ0n) is 15.6. The summed E-state index contributed by atoms with van der Waals surface area (Å²) in [4.78, 5) is 48.6. The lowest BCUT2D eigenvalue weighted by molar-refractivity contribution is -0.384. The second-order valence-corrected chi connectivity index (χ2v) is 6.75. The van der Waals surface area contributed by atoms with Crippen LogP contribution in [-0.2, 0) is 15.1 Å². The Bertz CT molecular complexity index is 1040. The van der Waals surface area contributed by atoms with E-state index in [-0.39, 0.29) is 16.9 Å². The van der Waals surface area contributed by atoms with Crippen LogP contribution in [-0.4, -0.2) is 34.2 Å². The molecule has 0 bridgehead atoms. The largest absolute Gasteiger partial charge is 0.325 e. The van der Waals surface area contributed by atoms with E-state index >= 15 is 0 Å². The standard InChI is InChI=1S/C19H17FN4O5/c1-11-7-8-14(15(9-11)24(28)29)21-16(25)10-23-17(26)19(2,22-18(23)27)12-5-3-4-6-13(12)20/h3-9H,10H2,1-2H3,(H,21,25)(H,22,27). The van der Waals surface area contributed by atoms with Crippen molar-refractivity contribution in [3.05, 3.63) is 69.5 Å². The number of nitro benzene ring substituents is 1. The molecular weight excluding hydrogens is 383 g/mol. The molecule has 1 aliphatic heterocycles. The van der Waals surface area contributed by atoms with Crippen molar-refractivity contribution in [3.8, 4) is 0 Å². The number of hydrogen-bond donors (Lipinski definition) is 2. The summed E-state index contributed by atoms with van der Waals surface area (Å²) in [7, 11) is 0. The summed E-state index contributed by atoms with van der Waals surface area (Å²) in [5.41, 5.74) is -1.44. The number of nitro groups is 1. The van der Waals surface area contributed by atoms with Gasteiger partial charge in [0.2, 0.25) is 5.91 Å². The van der Waals surface area contributed by atoms with Crippen molar-refractivity contribution < 1.29 is 23.7 Å². The molecule has 0 saturated carbocycles. The molecule has 29 heavy (non-hydrogen) atoms. The number of hydrogen-bond acceptors (Lipinski definition) is 5. The summed E-state index contributed by atoms with van der Waals surface area (Å²) in [6.45, 7) is 2.32. The molecule has 10 heteroatoms. The first-order valence-corrected chi connectivity index (χ1v) is 8.57. The molecule has 1 saturated heterocycles. The zero-order chi connectivity index (χ0) is 21.3. The Morgan fingerprint density at radius 3 is 2.62 bits per heavy atom. The lowest BCUT2D eigenvalue weighted by Gasteiger charge is -2.22. The van der Waals surface area contributed by atoms with E-state index < -0.39 is 40.7 Å². The number of urea groups is 1. The predicted molar refractivity (Wildman–Crippen MR) is 100 cm³/mol. The van der Waals surface area contributed by atoms with Gasteiger partial charge in [0, 0.05) is 11.6 Å². The molecule has 1 atom stereocenters. The van der Waals surface area contributed by atoms with Crippen LogP contribution in [0.4, 0.5) is 20.6 Å². The van der Waals surface area contributed by atoms with Crippen LogP contribution < -0.4 is 10.6 Å². The molecule has 2 N–H and O–H groups in total. The van der Waals surface area contributed by atoms with E-state index in [0.717, 1.165) is 6.07 Å². The van der Waals surface area contributed by atoms with Gasteiger partial charge in [0.15, 0.2) is 0 Å². The minimum Gasteiger partial charge on any atom is -0.319 e. The topological polar surface area (TPSA) is 122 Å². The number of halogens is 1. The van der Waals surface area contributed by atoms with Crippen LogP contribution in [0.1, 0.15) is 18.1 Å². The Hall–Kier alpha value is -3.82. The van der Waals surface area contributed by atoms with Gasteiger partial charge in [-0.2, -0.15) is 0 Å². The van der Waals surface area contributed by atoms with E-state index in [4.69, 9.17) is 0 Å². The second-order valence-electron chi connectivity index (χ2n) is 6.75. The number of anilines is 1. The molecule has 0 aromatic heterocycles. The van der Waals surface area contributed by atoms with Crippen molar-refractivity contribution in [1.29, 1.82) is 0 Å². The van der Waals surface area contributed by atoms with Crippen LogP contribution in [0, 0.1) is 22.9 Å². The minimum absolute atomic E-state index is 0.0320. The van der Waals surface area contributed by atoms with Gasteiger partial charge in [-0.3, -0.25) is 24.6 Å². The first-order chi connectivity index (χ1) is 13.6. The second kappa shape index (κ2) is 7.30. The minimum atomic E-state index is -1.67. The smallest absolute Gasteiger partial charge is 0.319 e. The number of nitrogens with one attached hydrogen (secondary N) is 2. The molecule has 1 aliphatic rings. The molecule has 2 aromatic rings. The number of carbonyl (C=O) groups excluding carboxylic acids is 3. The highest BCUT2D eigenvalue weighted by molar-refractivity contribution is 6.10. The molecule has 0 spiro atoms. The highest BCUT2D eigenvalue weighted by atomic mass is 19.1. The van der Waals surface area contributed by atoms with E-state index in [1.54, 1.807) is 13.0 Å². The van der Waals surface area contributed by atoms with Crippen molar-refractivity contribution >= 4 is 29.2 Å². The third-order valence-electron chi connectivity index (χ3n) is 4.61. The molecule has 1 heterocycles. The summed E-state index contributed by atoms with van der Waals surface area (Å²) in [6.07, 6.45) is 0. The Morgan fingerprint density at radius 2 is 1.97 bits per heavy atom. The summed E-state index contributed by atoms with van der Waals surface area (Å²) in [5.74, 6) is -2.29. The van der Waals surface area contributed by atoms with E-state index in [0.29, 0.717) is 10.5 Å². The number of carbonyl (C=O) groups is 3. The monoisotopic (exact) mass is 400 g/mol. The maximum Gasteiger partial charge on any atom is 0.325 e. The van der Waals surface area contributed by atoms with Crippen LogP contribution in [0.15, 0.2) is 42.5 Å². The summed E-state index contributed by atoms with van der Waals surface area (Å²) < 4.78 is 14.2. The van der Waals surface area contributed by atoms with Crippen molar-refractivity contribution in [2.75, 3.05) is 11.9 Å². The average Bonchev–Trinajstić information content (AvgIpc) is 2.87. The molecule has 2 aromatic carbocycles. The molecule has 150 valence electrons. The van der Waals surface area contributed by atoms with Gasteiger partial charge in [-0.05, 0) is 31.5 Å². The van der Waals surface area contributed by atoms with Gasteiger partial charge < -0.3 is 10.6 Å². The average molecular weight is 400 g/mol. The number of benzene rings is 2. The van der Waals surface area contributed by atoms with Crippen molar-refractivity contribution in [3.63, 3.8) is 0 Å². The normalized spacial score (nSPS) is 18.5. The van der Waals surface area contributed by atoms with Crippen LogP contribution in [0.2, 0.25) is 0 Å². The van der Waals surface area contributed by atoms with Crippen molar-refractivity contribution in [1.82, 2.24) is 10.2 Å². The summed E-state index contributed by atoms with van der Waals surface area (Å²) in [6, 6.07) is 8.86. The third-order valence-corrected chi connectivity index (χ3v) is 4.61. The number of aryl methyl sites for hydroxylation is 1. The molecule has 0 aliphatic carbocycles. The van der Waals surface area contributed by atoms with Gasteiger partial charge in [0.05, 0.1) is 4.92 Å². The Kier molecular flexibility index (Phi) is 5.02. The molecule has 0 radical (unpaired) electrons. The zero-order valence-corrected chi connectivity index (χ0v) is 15.6. The predicted octanol–water partition coefficient (Wildman–Crippen LogP) is 2.45. The number of rotatable bonds is 5. The lowest BCUT2D eigenvalue weighted by Crippen LogP contribution is -2.42. The molecule has 3 rings (SSSR count).